The Morgan fingerprint density at radius 3 is 2.86 bits per heavy atom. The van der Waals surface area contributed by atoms with Crippen LogP contribution < -0.4 is 5.32 Å². The summed E-state index contributed by atoms with van der Waals surface area (Å²) in [6.07, 6.45) is 2.32. The zero-order valence-electron chi connectivity index (χ0n) is 12.1. The summed E-state index contributed by atoms with van der Waals surface area (Å²) in [6, 6.07) is 7.83. The summed E-state index contributed by atoms with van der Waals surface area (Å²) >= 11 is 0. The molecule has 2 fully saturated rings. The highest BCUT2D eigenvalue weighted by molar-refractivity contribution is 5.79. The van der Waals surface area contributed by atoms with E-state index in [0.717, 1.165) is 24.0 Å². The third kappa shape index (κ3) is 2.60. The number of fused-ring (bicyclic) bond motifs is 2. The number of urea groups is 1. The number of carboxylic acids is 1. The van der Waals surface area contributed by atoms with E-state index in [9.17, 15) is 14.7 Å². The van der Waals surface area contributed by atoms with Crippen LogP contribution in [0, 0.1) is 12.8 Å². The van der Waals surface area contributed by atoms with Gasteiger partial charge in [0.1, 0.15) is 0 Å². The molecule has 3 atom stereocenters. The number of nitrogens with zero attached hydrogens (tertiary/aromatic N) is 1. The quantitative estimate of drug-likeness (QED) is 0.895. The largest absolute Gasteiger partial charge is 0.481 e. The molecule has 1 aromatic carbocycles. The van der Waals surface area contributed by atoms with E-state index < -0.39 is 11.9 Å². The molecule has 0 saturated carbocycles. The molecule has 0 radical (unpaired) electrons. The molecule has 2 aliphatic rings. The first-order valence-electron chi connectivity index (χ1n) is 7.41. The molecular formula is C16H20N2O3. The highest BCUT2D eigenvalue weighted by Gasteiger charge is 2.51. The predicted molar refractivity (Wildman–Crippen MR) is 77.8 cm³/mol. The normalized spacial score (nSPS) is 26.9. The van der Waals surface area contributed by atoms with E-state index in [-0.39, 0.29) is 18.1 Å². The molecule has 3 unspecified atom stereocenters. The molecule has 2 bridgehead atoms. The van der Waals surface area contributed by atoms with Gasteiger partial charge in [-0.3, -0.25) is 4.79 Å². The maximum Gasteiger partial charge on any atom is 0.318 e. The van der Waals surface area contributed by atoms with E-state index in [1.165, 1.54) is 0 Å². The van der Waals surface area contributed by atoms with Crippen molar-refractivity contribution in [3.8, 4) is 0 Å². The molecular weight excluding hydrogens is 268 g/mol. The maximum atomic E-state index is 12.4. The van der Waals surface area contributed by atoms with Crippen LogP contribution in [0.4, 0.5) is 4.79 Å². The second-order valence-electron chi connectivity index (χ2n) is 6.03. The van der Waals surface area contributed by atoms with Crippen molar-refractivity contribution in [3.05, 3.63) is 35.4 Å². The number of aliphatic carboxylic acids is 1. The van der Waals surface area contributed by atoms with Crippen molar-refractivity contribution in [1.82, 2.24) is 10.2 Å². The van der Waals surface area contributed by atoms with Gasteiger partial charge in [-0.05, 0) is 31.7 Å². The van der Waals surface area contributed by atoms with Gasteiger partial charge in [0.2, 0.25) is 0 Å². The second kappa shape index (κ2) is 5.39. The van der Waals surface area contributed by atoms with Gasteiger partial charge in [-0.15, -0.1) is 0 Å². The van der Waals surface area contributed by atoms with Crippen LogP contribution in [0.25, 0.3) is 0 Å². The van der Waals surface area contributed by atoms with Gasteiger partial charge in [0.25, 0.3) is 0 Å². The van der Waals surface area contributed by atoms with Crippen LogP contribution in [0.15, 0.2) is 24.3 Å². The van der Waals surface area contributed by atoms with Crippen LogP contribution in [0.1, 0.15) is 30.4 Å². The van der Waals surface area contributed by atoms with Gasteiger partial charge in [-0.2, -0.15) is 0 Å². The molecule has 2 saturated heterocycles. The first-order valence-corrected chi connectivity index (χ1v) is 7.41. The summed E-state index contributed by atoms with van der Waals surface area (Å²) in [5.41, 5.74) is 2.22. The summed E-state index contributed by atoms with van der Waals surface area (Å²) in [7, 11) is 0. The van der Waals surface area contributed by atoms with Gasteiger partial charge in [0, 0.05) is 18.6 Å². The van der Waals surface area contributed by atoms with Crippen molar-refractivity contribution in [2.45, 2.75) is 44.8 Å². The predicted octanol–water partition coefficient (Wildman–Crippen LogP) is 2.14. The van der Waals surface area contributed by atoms with E-state index in [2.05, 4.69) is 5.32 Å². The number of amides is 2. The Hall–Kier alpha value is -2.04. The molecule has 2 N–H and O–H groups in total. The van der Waals surface area contributed by atoms with Crippen molar-refractivity contribution in [2.75, 3.05) is 0 Å². The maximum absolute atomic E-state index is 12.4. The number of rotatable bonds is 3. The molecule has 0 aromatic heterocycles. The Kier molecular flexibility index (Phi) is 3.57. The molecule has 5 heteroatoms. The Morgan fingerprint density at radius 2 is 2.19 bits per heavy atom. The Morgan fingerprint density at radius 1 is 1.38 bits per heavy atom. The molecule has 21 heavy (non-hydrogen) atoms. The van der Waals surface area contributed by atoms with E-state index in [4.69, 9.17) is 0 Å². The zero-order valence-corrected chi connectivity index (χ0v) is 12.1. The van der Waals surface area contributed by atoms with Gasteiger partial charge in [-0.25, -0.2) is 4.79 Å². The summed E-state index contributed by atoms with van der Waals surface area (Å²) in [4.78, 5) is 25.3. The molecule has 0 aliphatic carbocycles. The zero-order chi connectivity index (χ0) is 15.0. The molecule has 112 valence electrons. The van der Waals surface area contributed by atoms with Crippen LogP contribution in [-0.4, -0.2) is 34.1 Å². The van der Waals surface area contributed by atoms with Gasteiger partial charge < -0.3 is 15.3 Å². The van der Waals surface area contributed by atoms with Gasteiger partial charge in [0.15, 0.2) is 0 Å². The van der Waals surface area contributed by atoms with Crippen LogP contribution in [0.2, 0.25) is 0 Å². The minimum atomic E-state index is -0.779. The summed E-state index contributed by atoms with van der Waals surface area (Å²) in [6.45, 7) is 2.50. The van der Waals surface area contributed by atoms with Crippen molar-refractivity contribution in [3.63, 3.8) is 0 Å². The van der Waals surface area contributed by atoms with Gasteiger partial charge in [-0.1, -0.05) is 29.8 Å². The number of hydrogen-bond donors (Lipinski definition) is 2. The van der Waals surface area contributed by atoms with Crippen LogP contribution in [0.3, 0.4) is 0 Å². The van der Waals surface area contributed by atoms with E-state index in [1.54, 1.807) is 4.90 Å². The highest BCUT2D eigenvalue weighted by atomic mass is 16.4. The Bertz CT molecular complexity index is 572. The number of carbonyl (C=O) groups is 2. The number of nitrogens with one attached hydrogen (secondary N) is 1. The third-order valence-corrected chi connectivity index (χ3v) is 4.61. The molecule has 2 aliphatic heterocycles. The number of benzene rings is 1. The molecule has 0 spiro atoms. The lowest BCUT2D eigenvalue weighted by Gasteiger charge is -2.23. The average molecular weight is 288 g/mol. The third-order valence-electron chi connectivity index (χ3n) is 4.61. The molecule has 1 aromatic rings. The molecule has 2 amide bonds. The SMILES string of the molecule is Cc1cccc(CNC(=O)N2C3CCC2C(C(=O)O)C3)c1. The van der Waals surface area contributed by atoms with Crippen molar-refractivity contribution >= 4 is 12.0 Å². The fourth-order valence-electron chi connectivity index (χ4n) is 3.66. The topological polar surface area (TPSA) is 69.6 Å². The van der Waals surface area contributed by atoms with Crippen molar-refractivity contribution < 1.29 is 14.7 Å². The number of carboxylic acid groups (broad SMARTS) is 1. The molecule has 2 heterocycles. The lowest BCUT2D eigenvalue weighted by atomic mass is 9.89. The first-order chi connectivity index (χ1) is 10.1. The average Bonchev–Trinajstić information content (AvgIpc) is 3.02. The number of carbonyl (C=O) groups excluding carboxylic acids is 1. The van der Waals surface area contributed by atoms with Crippen LogP contribution in [-0.2, 0) is 11.3 Å². The van der Waals surface area contributed by atoms with Gasteiger partial charge >= 0.3 is 12.0 Å². The van der Waals surface area contributed by atoms with Crippen molar-refractivity contribution in [1.29, 1.82) is 0 Å². The standard InChI is InChI=1S/C16H20N2O3/c1-10-3-2-4-11(7-10)9-17-16(21)18-12-5-6-14(18)13(8-12)15(19)20/h2-4,7,12-14H,5-6,8-9H2,1H3,(H,17,21)(H,19,20). The fraction of sp³-hybridized carbons (Fsp3) is 0.500. The molecule has 5 nitrogen and oxygen atoms in total. The van der Waals surface area contributed by atoms with E-state index in [1.807, 2.05) is 31.2 Å². The minimum Gasteiger partial charge on any atom is -0.481 e. The Labute approximate surface area is 123 Å². The van der Waals surface area contributed by atoms with Crippen molar-refractivity contribution in [2.24, 2.45) is 5.92 Å². The number of hydrogen-bond acceptors (Lipinski definition) is 2. The Balaban J connectivity index is 1.63. The highest BCUT2D eigenvalue weighted by Crippen LogP contribution is 2.41. The number of aryl methyl sites for hydroxylation is 1. The first kappa shape index (κ1) is 13.9. The lowest BCUT2D eigenvalue weighted by Crippen LogP contribution is -2.44. The summed E-state index contributed by atoms with van der Waals surface area (Å²) < 4.78 is 0. The monoisotopic (exact) mass is 288 g/mol. The van der Waals surface area contributed by atoms with E-state index in [0.29, 0.717) is 13.0 Å². The smallest absolute Gasteiger partial charge is 0.318 e. The lowest BCUT2D eigenvalue weighted by molar-refractivity contribution is -0.142. The summed E-state index contributed by atoms with van der Waals surface area (Å²) in [5.74, 6) is -1.17. The second-order valence-corrected chi connectivity index (χ2v) is 6.03. The van der Waals surface area contributed by atoms with Crippen LogP contribution in [0.5, 0.6) is 0 Å². The van der Waals surface area contributed by atoms with Crippen LogP contribution >= 0.6 is 0 Å². The minimum absolute atomic E-state index is 0.0913. The van der Waals surface area contributed by atoms with Gasteiger partial charge in [0.05, 0.1) is 5.92 Å². The molecule has 3 rings (SSSR count). The fourth-order valence-corrected chi connectivity index (χ4v) is 3.66. The van der Waals surface area contributed by atoms with E-state index >= 15 is 0 Å². The summed E-state index contributed by atoms with van der Waals surface area (Å²) in [5, 5.41) is 12.1.